The Morgan fingerprint density at radius 3 is 2.71 bits per heavy atom. The second-order valence-corrected chi connectivity index (χ2v) is 5.32. The Hall–Kier alpha value is -3.15. The van der Waals surface area contributed by atoms with Gasteiger partial charge in [-0.15, -0.1) is 0 Å². The molecular weight excluding hydrogens is 311 g/mol. The fraction of sp³-hybridized carbons (Fsp3) is 0.111. The van der Waals surface area contributed by atoms with E-state index in [0.29, 0.717) is 18.0 Å². The van der Waals surface area contributed by atoms with Gasteiger partial charge in [0, 0.05) is 31.9 Å². The number of furan rings is 1. The number of aryl methyl sites for hydroxylation is 1. The lowest BCUT2D eigenvalue weighted by atomic mass is 10.1. The summed E-state index contributed by atoms with van der Waals surface area (Å²) in [6, 6.07) is 9.29. The minimum Gasteiger partial charge on any atom is -0.504 e. The maximum absolute atomic E-state index is 12.9. The van der Waals surface area contributed by atoms with Gasteiger partial charge < -0.3 is 14.1 Å². The number of aliphatic hydroxyl groups excluding tert-OH is 1. The zero-order valence-corrected chi connectivity index (χ0v) is 12.9. The summed E-state index contributed by atoms with van der Waals surface area (Å²) in [6.07, 6.45) is 4.71. The minimum absolute atomic E-state index is 0.118. The maximum atomic E-state index is 12.9. The molecule has 24 heavy (non-hydrogen) atoms. The summed E-state index contributed by atoms with van der Waals surface area (Å²) >= 11 is 0. The first-order valence-electron chi connectivity index (χ1n) is 7.29. The normalized spacial score (nSPS) is 11.7. The molecule has 3 aromatic rings. The highest BCUT2D eigenvalue weighted by atomic mass is 19.1. The fourth-order valence-electron chi connectivity index (χ4n) is 2.28. The van der Waals surface area contributed by atoms with E-state index >= 15 is 0 Å². The van der Waals surface area contributed by atoms with Crippen LogP contribution in [0.3, 0.4) is 0 Å². The number of rotatable bonds is 5. The number of hydrogen-bond donors (Lipinski definition) is 1. The monoisotopic (exact) mass is 326 g/mol. The SMILES string of the molecule is Cn1ccnc1/C(O)=C/C(=O)c1ccc(Cc2ccc(F)cc2)o1. The Morgan fingerprint density at radius 2 is 2.04 bits per heavy atom. The molecule has 0 fully saturated rings. The van der Waals surface area contributed by atoms with Crippen LogP contribution in [0, 0.1) is 5.82 Å². The molecule has 0 unspecified atom stereocenters. The molecule has 5 nitrogen and oxygen atoms in total. The molecule has 0 aliphatic carbocycles. The van der Waals surface area contributed by atoms with E-state index < -0.39 is 5.78 Å². The summed E-state index contributed by atoms with van der Waals surface area (Å²) in [4.78, 5) is 16.1. The van der Waals surface area contributed by atoms with Crippen molar-refractivity contribution in [3.8, 4) is 0 Å². The van der Waals surface area contributed by atoms with Gasteiger partial charge in [0.05, 0.1) is 0 Å². The molecule has 0 radical (unpaired) electrons. The van der Waals surface area contributed by atoms with E-state index in [1.807, 2.05) is 0 Å². The van der Waals surface area contributed by atoms with Crippen molar-refractivity contribution in [2.45, 2.75) is 6.42 Å². The highest BCUT2D eigenvalue weighted by Gasteiger charge is 2.13. The highest BCUT2D eigenvalue weighted by molar-refractivity contribution is 6.05. The fourth-order valence-corrected chi connectivity index (χ4v) is 2.28. The van der Waals surface area contributed by atoms with E-state index in [9.17, 15) is 14.3 Å². The molecule has 2 aromatic heterocycles. The number of halogens is 1. The molecule has 0 saturated carbocycles. The van der Waals surface area contributed by atoms with Gasteiger partial charge in [0.25, 0.3) is 0 Å². The Balaban J connectivity index is 1.74. The summed E-state index contributed by atoms with van der Waals surface area (Å²) in [7, 11) is 1.71. The van der Waals surface area contributed by atoms with Crippen LogP contribution in [-0.4, -0.2) is 20.4 Å². The number of nitrogens with zero attached hydrogens (tertiary/aromatic N) is 2. The van der Waals surface area contributed by atoms with Crippen molar-refractivity contribution in [1.29, 1.82) is 0 Å². The van der Waals surface area contributed by atoms with Gasteiger partial charge in [-0.2, -0.15) is 0 Å². The highest BCUT2D eigenvalue weighted by Crippen LogP contribution is 2.16. The van der Waals surface area contributed by atoms with Crippen LogP contribution in [0.1, 0.15) is 27.7 Å². The largest absolute Gasteiger partial charge is 0.504 e. The van der Waals surface area contributed by atoms with Crippen LogP contribution in [0.2, 0.25) is 0 Å². The summed E-state index contributed by atoms with van der Waals surface area (Å²) < 4.78 is 20.0. The van der Waals surface area contributed by atoms with Gasteiger partial charge in [-0.05, 0) is 29.8 Å². The first-order chi connectivity index (χ1) is 11.5. The number of ketones is 1. The number of aromatic nitrogens is 2. The van der Waals surface area contributed by atoms with Crippen LogP contribution in [0.4, 0.5) is 4.39 Å². The van der Waals surface area contributed by atoms with Crippen molar-refractivity contribution in [3.05, 3.63) is 83.6 Å². The van der Waals surface area contributed by atoms with E-state index in [0.717, 1.165) is 11.6 Å². The topological polar surface area (TPSA) is 68.3 Å². The van der Waals surface area contributed by atoms with Gasteiger partial charge in [0.1, 0.15) is 11.6 Å². The summed E-state index contributed by atoms with van der Waals surface area (Å²) in [5, 5.41) is 9.97. The second kappa shape index (κ2) is 6.54. The molecule has 0 bridgehead atoms. The lowest BCUT2D eigenvalue weighted by molar-refractivity contribution is 0.101. The zero-order valence-electron chi connectivity index (χ0n) is 12.9. The first kappa shape index (κ1) is 15.7. The molecule has 6 heteroatoms. The average Bonchev–Trinajstić information content (AvgIpc) is 3.18. The molecular formula is C18H15FN2O3. The van der Waals surface area contributed by atoms with Gasteiger partial charge >= 0.3 is 0 Å². The number of imidazole rings is 1. The van der Waals surface area contributed by atoms with Crippen molar-refractivity contribution < 1.29 is 18.7 Å². The standard InChI is InChI=1S/C18H15FN2O3/c1-21-9-8-20-18(21)16(23)11-15(22)17-7-6-14(24-17)10-12-2-4-13(19)5-3-12/h2-9,11,23H,10H2,1H3/b16-11-. The lowest BCUT2D eigenvalue weighted by Crippen LogP contribution is -1.99. The third-order valence-electron chi connectivity index (χ3n) is 3.51. The van der Waals surface area contributed by atoms with E-state index in [1.54, 1.807) is 42.1 Å². The molecule has 0 amide bonds. The van der Waals surface area contributed by atoms with Crippen molar-refractivity contribution in [2.75, 3.05) is 0 Å². The Morgan fingerprint density at radius 1 is 1.29 bits per heavy atom. The quantitative estimate of drug-likeness (QED) is 0.442. The van der Waals surface area contributed by atoms with E-state index in [4.69, 9.17) is 4.42 Å². The second-order valence-electron chi connectivity index (χ2n) is 5.32. The van der Waals surface area contributed by atoms with Crippen LogP contribution in [0.25, 0.3) is 5.76 Å². The molecule has 0 spiro atoms. The Labute approximate surface area is 137 Å². The van der Waals surface area contributed by atoms with E-state index in [2.05, 4.69) is 4.98 Å². The minimum atomic E-state index is -0.458. The molecule has 0 aliphatic heterocycles. The van der Waals surface area contributed by atoms with Crippen molar-refractivity contribution >= 4 is 11.5 Å². The van der Waals surface area contributed by atoms with Gasteiger partial charge in [-0.1, -0.05) is 12.1 Å². The molecule has 1 N–H and O–H groups in total. The number of allylic oxidation sites excluding steroid dienone is 1. The molecule has 122 valence electrons. The number of carbonyl (C=O) groups is 1. The molecule has 3 rings (SSSR count). The first-order valence-corrected chi connectivity index (χ1v) is 7.29. The van der Waals surface area contributed by atoms with Crippen LogP contribution in [-0.2, 0) is 13.5 Å². The summed E-state index contributed by atoms with van der Waals surface area (Å²) in [6.45, 7) is 0. The molecule has 0 atom stereocenters. The lowest BCUT2D eigenvalue weighted by Gasteiger charge is -2.00. The molecule has 1 aromatic carbocycles. The molecule has 0 saturated heterocycles. The van der Waals surface area contributed by atoms with E-state index in [1.165, 1.54) is 18.3 Å². The number of hydrogen-bond acceptors (Lipinski definition) is 4. The van der Waals surface area contributed by atoms with Crippen molar-refractivity contribution in [1.82, 2.24) is 9.55 Å². The third kappa shape index (κ3) is 3.43. The van der Waals surface area contributed by atoms with Crippen LogP contribution >= 0.6 is 0 Å². The van der Waals surface area contributed by atoms with Crippen LogP contribution in [0.5, 0.6) is 0 Å². The van der Waals surface area contributed by atoms with E-state index in [-0.39, 0.29) is 17.3 Å². The van der Waals surface area contributed by atoms with Crippen molar-refractivity contribution in [2.24, 2.45) is 7.05 Å². The van der Waals surface area contributed by atoms with Gasteiger partial charge in [0.2, 0.25) is 5.78 Å². The summed E-state index contributed by atoms with van der Waals surface area (Å²) in [5.41, 5.74) is 0.871. The predicted molar refractivity (Wildman–Crippen MR) is 86.1 cm³/mol. The number of aliphatic hydroxyl groups is 1. The Bertz CT molecular complexity index is 891. The zero-order chi connectivity index (χ0) is 17.1. The van der Waals surface area contributed by atoms with Gasteiger partial charge in [0.15, 0.2) is 17.3 Å². The molecule has 0 aliphatic rings. The molecule has 2 heterocycles. The van der Waals surface area contributed by atoms with Gasteiger partial charge in [-0.3, -0.25) is 4.79 Å². The van der Waals surface area contributed by atoms with Crippen LogP contribution in [0.15, 0.2) is 59.3 Å². The van der Waals surface area contributed by atoms with Gasteiger partial charge in [-0.25, -0.2) is 9.37 Å². The van der Waals surface area contributed by atoms with Crippen LogP contribution < -0.4 is 0 Å². The smallest absolute Gasteiger partial charge is 0.224 e. The number of benzene rings is 1. The average molecular weight is 326 g/mol. The predicted octanol–water partition coefficient (Wildman–Crippen LogP) is 3.52. The Kier molecular flexibility index (Phi) is 4.29. The summed E-state index contributed by atoms with van der Waals surface area (Å²) in [5.74, 6) is -0.00190. The van der Waals surface area contributed by atoms with Crippen molar-refractivity contribution in [3.63, 3.8) is 0 Å². The maximum Gasteiger partial charge on any atom is 0.224 e. The third-order valence-corrected chi connectivity index (χ3v) is 3.51. The number of carbonyl (C=O) groups excluding carboxylic acids is 1.